The molecule has 1 aliphatic heterocycles. The third kappa shape index (κ3) is 3.40. The van der Waals surface area contributed by atoms with Crippen LogP contribution in [0.15, 0.2) is 18.2 Å². The molecule has 4 rings (SSSR count). The average Bonchev–Trinajstić information content (AvgIpc) is 3.24. The molecule has 7 heteroatoms. The maximum Gasteiger partial charge on any atom is 0.228 e. The predicted octanol–water partition coefficient (Wildman–Crippen LogP) is 4.24. The van der Waals surface area contributed by atoms with Gasteiger partial charge in [0, 0.05) is 26.3 Å². The maximum absolute atomic E-state index is 12.7. The van der Waals surface area contributed by atoms with E-state index in [0.717, 1.165) is 35.9 Å². The van der Waals surface area contributed by atoms with E-state index >= 15 is 0 Å². The smallest absolute Gasteiger partial charge is 0.228 e. The van der Waals surface area contributed by atoms with Gasteiger partial charge in [0.1, 0.15) is 5.52 Å². The second kappa shape index (κ2) is 6.83. The average molecular weight is 381 g/mol. The van der Waals surface area contributed by atoms with Crippen molar-refractivity contribution in [3.8, 4) is 0 Å². The summed E-state index contributed by atoms with van der Waals surface area (Å²) in [6.07, 6.45) is 4.23. The minimum absolute atomic E-state index is 0.101. The Morgan fingerprint density at radius 1 is 1.36 bits per heavy atom. The highest BCUT2D eigenvalue weighted by atomic mass is 35.5. The fourth-order valence-corrected chi connectivity index (χ4v) is 4.89. The number of hydrogen-bond acceptors (Lipinski definition) is 5. The van der Waals surface area contributed by atoms with Crippen molar-refractivity contribution in [3.05, 3.63) is 23.2 Å². The summed E-state index contributed by atoms with van der Waals surface area (Å²) in [6, 6.07) is 5.70. The van der Waals surface area contributed by atoms with Gasteiger partial charge >= 0.3 is 0 Å². The molecule has 1 saturated carbocycles. The van der Waals surface area contributed by atoms with E-state index in [9.17, 15) is 4.79 Å². The third-order valence-corrected chi connectivity index (χ3v) is 6.57. The van der Waals surface area contributed by atoms with E-state index in [1.807, 2.05) is 18.2 Å². The molecule has 1 aromatic heterocycles. The van der Waals surface area contributed by atoms with Gasteiger partial charge in [-0.2, -0.15) is 0 Å². The molecular formula is C18H21ClN2O3S. The highest BCUT2D eigenvalue weighted by Gasteiger charge is 2.40. The predicted molar refractivity (Wildman–Crippen MR) is 99.3 cm³/mol. The maximum atomic E-state index is 12.7. The van der Waals surface area contributed by atoms with E-state index in [2.05, 4.69) is 4.98 Å². The van der Waals surface area contributed by atoms with Gasteiger partial charge in [0.15, 0.2) is 10.9 Å². The first kappa shape index (κ1) is 17.2. The number of rotatable bonds is 3. The molecule has 1 amide bonds. The lowest BCUT2D eigenvalue weighted by molar-refractivity contribution is -0.183. The number of benzene rings is 1. The van der Waals surface area contributed by atoms with Gasteiger partial charge in [0.2, 0.25) is 5.91 Å². The van der Waals surface area contributed by atoms with Crippen LogP contribution in [0.1, 0.15) is 32.1 Å². The molecule has 0 radical (unpaired) electrons. The summed E-state index contributed by atoms with van der Waals surface area (Å²) in [6.45, 7) is 1.37. The highest BCUT2D eigenvalue weighted by molar-refractivity contribution is 7.22. The fourth-order valence-electron chi connectivity index (χ4n) is 3.64. The zero-order valence-corrected chi connectivity index (χ0v) is 15.7. The largest absolute Gasteiger partial charge is 0.348 e. The molecule has 1 spiro atoms. The van der Waals surface area contributed by atoms with Crippen LogP contribution in [-0.4, -0.2) is 36.9 Å². The zero-order chi connectivity index (χ0) is 17.4. The fraction of sp³-hybridized carbons (Fsp3) is 0.556. The number of nitrogens with zero attached hydrogens (tertiary/aromatic N) is 2. The Hall–Kier alpha value is -1.21. The highest BCUT2D eigenvalue weighted by Crippen LogP contribution is 2.40. The number of hydrogen-bond donors (Lipinski definition) is 0. The number of anilines is 1. The van der Waals surface area contributed by atoms with Crippen molar-refractivity contribution in [3.63, 3.8) is 0 Å². The lowest BCUT2D eigenvalue weighted by Crippen LogP contribution is -2.37. The molecule has 1 aliphatic carbocycles. The van der Waals surface area contributed by atoms with Crippen LogP contribution >= 0.6 is 22.9 Å². The van der Waals surface area contributed by atoms with Gasteiger partial charge in [0.25, 0.3) is 0 Å². The van der Waals surface area contributed by atoms with Gasteiger partial charge in [-0.05, 0) is 30.9 Å². The summed E-state index contributed by atoms with van der Waals surface area (Å²) in [4.78, 5) is 18.9. The first-order valence-electron chi connectivity index (χ1n) is 8.66. The molecule has 0 N–H and O–H groups in total. The van der Waals surface area contributed by atoms with Crippen LogP contribution in [0.5, 0.6) is 0 Å². The Labute approximate surface area is 155 Å². The molecule has 2 heterocycles. The number of halogens is 1. The molecule has 1 aromatic carbocycles. The Kier molecular flexibility index (Phi) is 4.71. The Bertz CT molecular complexity index is 778. The number of carbonyl (C=O) groups is 1. The van der Waals surface area contributed by atoms with Gasteiger partial charge < -0.3 is 9.47 Å². The third-order valence-electron chi connectivity index (χ3n) is 5.16. The molecule has 134 valence electrons. The van der Waals surface area contributed by atoms with Crippen LogP contribution in [0.3, 0.4) is 0 Å². The lowest BCUT2D eigenvalue weighted by atomic mass is 9.83. The minimum Gasteiger partial charge on any atom is -0.348 e. The molecule has 25 heavy (non-hydrogen) atoms. The van der Waals surface area contributed by atoms with Crippen molar-refractivity contribution in [2.75, 3.05) is 25.2 Å². The summed E-state index contributed by atoms with van der Waals surface area (Å²) in [7, 11) is 1.79. The van der Waals surface area contributed by atoms with Crippen LogP contribution in [0.25, 0.3) is 10.2 Å². The molecule has 2 fully saturated rings. The molecule has 2 aromatic rings. The van der Waals surface area contributed by atoms with E-state index in [1.54, 1.807) is 11.9 Å². The van der Waals surface area contributed by atoms with E-state index < -0.39 is 0 Å². The Balaban J connectivity index is 1.39. The number of thiazole rings is 1. The number of amides is 1. The standard InChI is InChI=1S/C18H21ClN2O3S/c1-21(17-20-16-13(19)3-2-4-14(16)25-17)15(22)11-12-5-7-18(8-6-12)23-9-10-24-18/h2-4,12H,5-11H2,1H3. The Morgan fingerprint density at radius 2 is 2.08 bits per heavy atom. The topological polar surface area (TPSA) is 51.7 Å². The SMILES string of the molecule is CN(C(=O)CC1CCC2(CC1)OCCO2)c1nc2c(Cl)cccc2s1. The molecular weight excluding hydrogens is 360 g/mol. The number of para-hydroxylation sites is 1. The number of aromatic nitrogens is 1. The second-order valence-electron chi connectivity index (χ2n) is 6.79. The van der Waals surface area contributed by atoms with Gasteiger partial charge in [-0.3, -0.25) is 9.69 Å². The van der Waals surface area contributed by atoms with Gasteiger partial charge in [0.05, 0.1) is 22.9 Å². The molecule has 2 aliphatic rings. The summed E-state index contributed by atoms with van der Waals surface area (Å²) < 4.78 is 12.5. The molecule has 5 nitrogen and oxygen atoms in total. The molecule has 0 unspecified atom stereocenters. The van der Waals surface area contributed by atoms with Crippen molar-refractivity contribution < 1.29 is 14.3 Å². The van der Waals surface area contributed by atoms with Crippen LogP contribution in [0.2, 0.25) is 5.02 Å². The molecule has 0 bridgehead atoms. The summed E-state index contributed by atoms with van der Waals surface area (Å²) in [5.74, 6) is 0.116. The van der Waals surface area contributed by atoms with Crippen molar-refractivity contribution >= 4 is 44.2 Å². The quantitative estimate of drug-likeness (QED) is 0.799. The molecule has 0 atom stereocenters. The number of ether oxygens (including phenoxy) is 2. The molecule has 1 saturated heterocycles. The number of fused-ring (bicyclic) bond motifs is 1. The lowest BCUT2D eigenvalue weighted by Gasteiger charge is -2.35. The minimum atomic E-state index is -0.366. The van der Waals surface area contributed by atoms with Gasteiger partial charge in [-0.15, -0.1) is 0 Å². The van der Waals surface area contributed by atoms with E-state index in [1.165, 1.54) is 11.3 Å². The summed E-state index contributed by atoms with van der Waals surface area (Å²) in [5.41, 5.74) is 0.763. The first-order chi connectivity index (χ1) is 12.1. The summed E-state index contributed by atoms with van der Waals surface area (Å²) >= 11 is 7.68. The normalized spacial score (nSPS) is 20.4. The van der Waals surface area contributed by atoms with Crippen LogP contribution in [0.4, 0.5) is 5.13 Å². The van der Waals surface area contributed by atoms with Gasteiger partial charge in [-0.25, -0.2) is 4.98 Å². The van der Waals surface area contributed by atoms with Crippen LogP contribution in [0, 0.1) is 5.92 Å². The summed E-state index contributed by atoms with van der Waals surface area (Å²) in [5, 5.41) is 1.32. The first-order valence-corrected chi connectivity index (χ1v) is 9.85. The van der Waals surface area contributed by atoms with E-state index in [-0.39, 0.29) is 11.7 Å². The van der Waals surface area contributed by atoms with Crippen LogP contribution < -0.4 is 4.90 Å². The monoisotopic (exact) mass is 380 g/mol. The van der Waals surface area contributed by atoms with Crippen molar-refractivity contribution in [1.82, 2.24) is 4.98 Å². The Morgan fingerprint density at radius 3 is 2.76 bits per heavy atom. The van der Waals surface area contributed by atoms with Crippen molar-refractivity contribution in [2.24, 2.45) is 5.92 Å². The van der Waals surface area contributed by atoms with Crippen LogP contribution in [-0.2, 0) is 14.3 Å². The number of carbonyl (C=O) groups excluding carboxylic acids is 1. The van der Waals surface area contributed by atoms with E-state index in [4.69, 9.17) is 21.1 Å². The van der Waals surface area contributed by atoms with Crippen molar-refractivity contribution in [1.29, 1.82) is 0 Å². The second-order valence-corrected chi connectivity index (χ2v) is 8.21. The van der Waals surface area contributed by atoms with Crippen molar-refractivity contribution in [2.45, 2.75) is 37.9 Å². The van der Waals surface area contributed by atoms with Gasteiger partial charge in [-0.1, -0.05) is 29.0 Å². The zero-order valence-electron chi connectivity index (χ0n) is 14.2. The van der Waals surface area contributed by atoms with E-state index in [0.29, 0.717) is 35.7 Å².